The SMILES string of the molecule is COC(=O)C(O)(c1ccco1)C(F)(F)F. The van der Waals surface area contributed by atoms with Crippen molar-refractivity contribution in [2.45, 2.75) is 11.8 Å². The van der Waals surface area contributed by atoms with Gasteiger partial charge in [-0.25, -0.2) is 4.79 Å². The fourth-order valence-corrected chi connectivity index (χ4v) is 0.988. The van der Waals surface area contributed by atoms with Crippen LogP contribution in [0.4, 0.5) is 13.2 Å². The van der Waals surface area contributed by atoms with Gasteiger partial charge in [-0.2, -0.15) is 13.2 Å². The Labute approximate surface area is 82.3 Å². The number of ether oxygens (including phenoxy) is 1. The summed E-state index contributed by atoms with van der Waals surface area (Å²) < 4.78 is 45.8. The molecule has 1 aromatic heterocycles. The standard InChI is InChI=1S/C8H7F3O4/c1-14-6(12)7(13,8(9,10)11)5-3-2-4-15-5/h2-4,13H,1H3. The maximum atomic E-state index is 12.5. The van der Waals surface area contributed by atoms with Crippen molar-refractivity contribution >= 4 is 5.97 Å². The number of halogens is 3. The van der Waals surface area contributed by atoms with E-state index in [1.54, 1.807) is 0 Å². The molecule has 1 unspecified atom stereocenters. The van der Waals surface area contributed by atoms with Gasteiger partial charge in [0.05, 0.1) is 13.4 Å². The molecule has 1 atom stereocenters. The smallest absolute Gasteiger partial charge is 0.435 e. The summed E-state index contributed by atoms with van der Waals surface area (Å²) in [5.41, 5.74) is -3.76. The lowest BCUT2D eigenvalue weighted by Gasteiger charge is -2.25. The highest BCUT2D eigenvalue weighted by atomic mass is 19.4. The fraction of sp³-hybridized carbons (Fsp3) is 0.375. The molecule has 0 saturated heterocycles. The van der Waals surface area contributed by atoms with Crippen molar-refractivity contribution in [1.29, 1.82) is 0 Å². The summed E-state index contributed by atoms with van der Waals surface area (Å²) in [4.78, 5) is 10.9. The van der Waals surface area contributed by atoms with Gasteiger partial charge in [0, 0.05) is 0 Å². The second-order valence-electron chi connectivity index (χ2n) is 2.68. The molecule has 1 N–H and O–H groups in total. The molecule has 0 saturated carbocycles. The first-order chi connectivity index (χ1) is 6.84. The van der Waals surface area contributed by atoms with Gasteiger partial charge in [0.1, 0.15) is 0 Å². The van der Waals surface area contributed by atoms with E-state index in [0.717, 1.165) is 25.5 Å². The highest BCUT2D eigenvalue weighted by Gasteiger charge is 2.64. The summed E-state index contributed by atoms with van der Waals surface area (Å²) in [6, 6.07) is 1.96. The molecule has 4 nitrogen and oxygen atoms in total. The normalized spacial score (nSPS) is 15.8. The monoisotopic (exact) mass is 224 g/mol. The van der Waals surface area contributed by atoms with E-state index in [-0.39, 0.29) is 0 Å². The average Bonchev–Trinajstić information content (AvgIpc) is 2.66. The minimum absolute atomic E-state index is 0.738. The van der Waals surface area contributed by atoms with Gasteiger partial charge in [-0.1, -0.05) is 0 Å². The molecule has 15 heavy (non-hydrogen) atoms. The molecular weight excluding hydrogens is 217 g/mol. The maximum Gasteiger partial charge on any atom is 0.435 e. The summed E-state index contributed by atoms with van der Waals surface area (Å²) in [5.74, 6) is -2.77. The van der Waals surface area contributed by atoms with Crippen LogP contribution >= 0.6 is 0 Å². The molecule has 0 aliphatic heterocycles. The minimum atomic E-state index is -5.21. The lowest BCUT2D eigenvalue weighted by molar-refractivity contribution is -0.271. The second kappa shape index (κ2) is 3.58. The molecule has 0 spiro atoms. The van der Waals surface area contributed by atoms with Crippen LogP contribution in [0.15, 0.2) is 22.8 Å². The number of esters is 1. The zero-order valence-corrected chi connectivity index (χ0v) is 7.54. The predicted molar refractivity (Wildman–Crippen MR) is 40.7 cm³/mol. The lowest BCUT2D eigenvalue weighted by atomic mass is 10.0. The molecule has 0 fully saturated rings. The van der Waals surface area contributed by atoms with Crippen molar-refractivity contribution in [3.8, 4) is 0 Å². The number of alkyl halides is 3. The van der Waals surface area contributed by atoms with Crippen LogP contribution in [0.25, 0.3) is 0 Å². The van der Waals surface area contributed by atoms with E-state index in [9.17, 15) is 23.1 Å². The molecule has 1 heterocycles. The van der Waals surface area contributed by atoms with Crippen molar-refractivity contribution in [3.63, 3.8) is 0 Å². The Morgan fingerprint density at radius 2 is 2.13 bits per heavy atom. The first kappa shape index (κ1) is 11.6. The Morgan fingerprint density at radius 1 is 1.53 bits per heavy atom. The summed E-state index contributed by atoms with van der Waals surface area (Å²) in [6.45, 7) is 0. The van der Waals surface area contributed by atoms with Crippen LogP contribution < -0.4 is 0 Å². The lowest BCUT2D eigenvalue weighted by Crippen LogP contribution is -2.49. The first-order valence-corrected chi connectivity index (χ1v) is 3.75. The third kappa shape index (κ3) is 1.70. The van der Waals surface area contributed by atoms with Crippen LogP contribution in [0, 0.1) is 0 Å². The molecule has 7 heteroatoms. The largest absolute Gasteiger partial charge is 0.466 e. The van der Waals surface area contributed by atoms with Gasteiger partial charge in [0.2, 0.25) is 0 Å². The van der Waals surface area contributed by atoms with Crippen LogP contribution in [-0.4, -0.2) is 24.4 Å². The Morgan fingerprint density at radius 3 is 2.47 bits per heavy atom. The summed E-state index contributed by atoms with van der Waals surface area (Å²) in [5, 5.41) is 9.28. The topological polar surface area (TPSA) is 59.7 Å². The van der Waals surface area contributed by atoms with E-state index in [4.69, 9.17) is 0 Å². The summed E-state index contributed by atoms with van der Waals surface area (Å²) in [6.07, 6.45) is -4.30. The van der Waals surface area contributed by atoms with E-state index < -0.39 is 23.5 Å². The molecule has 84 valence electrons. The Kier molecular flexibility index (Phi) is 2.76. The Balaban J connectivity index is 3.26. The highest BCUT2D eigenvalue weighted by molar-refractivity contribution is 5.81. The number of carbonyl (C=O) groups excluding carboxylic acids is 1. The predicted octanol–water partition coefficient (Wildman–Crippen LogP) is 1.20. The third-order valence-corrected chi connectivity index (χ3v) is 1.77. The molecule has 0 aliphatic carbocycles. The van der Waals surface area contributed by atoms with Crippen molar-refractivity contribution in [3.05, 3.63) is 24.2 Å². The van der Waals surface area contributed by atoms with Gasteiger partial charge in [-0.05, 0) is 12.1 Å². The minimum Gasteiger partial charge on any atom is -0.466 e. The van der Waals surface area contributed by atoms with E-state index in [1.807, 2.05) is 0 Å². The molecule has 0 radical (unpaired) electrons. The van der Waals surface area contributed by atoms with Gasteiger partial charge in [0.15, 0.2) is 5.76 Å². The van der Waals surface area contributed by atoms with Crippen LogP contribution in [0.5, 0.6) is 0 Å². The van der Waals surface area contributed by atoms with Crippen molar-refractivity contribution in [2.75, 3.05) is 7.11 Å². The third-order valence-electron chi connectivity index (χ3n) is 1.77. The number of carbonyl (C=O) groups is 1. The Bertz CT molecular complexity index is 343. The molecule has 1 aromatic rings. The van der Waals surface area contributed by atoms with E-state index in [0.29, 0.717) is 0 Å². The molecule has 0 bridgehead atoms. The number of methoxy groups -OCH3 is 1. The van der Waals surface area contributed by atoms with E-state index in [2.05, 4.69) is 9.15 Å². The van der Waals surface area contributed by atoms with E-state index in [1.165, 1.54) is 0 Å². The summed E-state index contributed by atoms with van der Waals surface area (Å²) in [7, 11) is 0.738. The number of furan rings is 1. The van der Waals surface area contributed by atoms with Crippen molar-refractivity contribution in [2.24, 2.45) is 0 Å². The first-order valence-electron chi connectivity index (χ1n) is 3.75. The van der Waals surface area contributed by atoms with Gasteiger partial charge >= 0.3 is 17.7 Å². The molecule has 0 aromatic carbocycles. The zero-order valence-electron chi connectivity index (χ0n) is 7.54. The molecule has 0 aliphatic rings. The van der Waals surface area contributed by atoms with Gasteiger partial charge in [0.25, 0.3) is 0 Å². The summed E-state index contributed by atoms with van der Waals surface area (Å²) >= 11 is 0. The Hall–Kier alpha value is -1.50. The highest BCUT2D eigenvalue weighted by Crippen LogP contribution is 2.39. The second-order valence-corrected chi connectivity index (χ2v) is 2.68. The number of hydrogen-bond acceptors (Lipinski definition) is 4. The zero-order chi connectivity index (χ0) is 11.7. The quantitative estimate of drug-likeness (QED) is 0.767. The van der Waals surface area contributed by atoms with Crippen molar-refractivity contribution < 1.29 is 32.2 Å². The van der Waals surface area contributed by atoms with Crippen LogP contribution in [0.2, 0.25) is 0 Å². The molecule has 0 amide bonds. The van der Waals surface area contributed by atoms with Gasteiger partial charge in [-0.3, -0.25) is 0 Å². The number of hydrogen-bond donors (Lipinski definition) is 1. The van der Waals surface area contributed by atoms with Crippen LogP contribution in [0.3, 0.4) is 0 Å². The maximum absolute atomic E-state index is 12.5. The van der Waals surface area contributed by atoms with Gasteiger partial charge < -0.3 is 14.3 Å². The number of aliphatic hydroxyl groups is 1. The van der Waals surface area contributed by atoms with Gasteiger partial charge in [-0.15, -0.1) is 0 Å². The average molecular weight is 224 g/mol. The van der Waals surface area contributed by atoms with E-state index >= 15 is 0 Å². The molecular formula is C8H7F3O4. The molecule has 1 rings (SSSR count). The fourth-order valence-electron chi connectivity index (χ4n) is 0.988. The van der Waals surface area contributed by atoms with Crippen LogP contribution in [-0.2, 0) is 15.1 Å². The van der Waals surface area contributed by atoms with Crippen molar-refractivity contribution in [1.82, 2.24) is 0 Å². The number of rotatable bonds is 2. The van der Waals surface area contributed by atoms with Crippen LogP contribution in [0.1, 0.15) is 5.76 Å².